The molecule has 0 spiro atoms. The Bertz CT molecular complexity index is 784. The lowest BCUT2D eigenvalue weighted by Crippen LogP contribution is -2.17. The van der Waals surface area contributed by atoms with E-state index in [0.29, 0.717) is 5.56 Å². The van der Waals surface area contributed by atoms with Crippen LogP contribution < -0.4 is 4.72 Å². The van der Waals surface area contributed by atoms with Crippen molar-refractivity contribution in [3.8, 4) is 0 Å². The first-order chi connectivity index (χ1) is 10.5. The van der Waals surface area contributed by atoms with E-state index in [1.165, 1.54) is 18.2 Å². The second-order valence-electron chi connectivity index (χ2n) is 4.64. The van der Waals surface area contributed by atoms with Gasteiger partial charge in [-0.2, -0.15) is 0 Å². The van der Waals surface area contributed by atoms with Gasteiger partial charge in [0, 0.05) is 0 Å². The Balaban J connectivity index is 2.39. The molecule has 0 saturated heterocycles. The fourth-order valence-corrected chi connectivity index (χ4v) is 3.34. The van der Waals surface area contributed by atoms with Gasteiger partial charge in [-0.05, 0) is 37.6 Å². The van der Waals surface area contributed by atoms with Crippen molar-refractivity contribution in [2.75, 3.05) is 11.3 Å². The number of sulfonamides is 1. The number of hydrogen-bond donors (Lipinski definition) is 1. The second kappa shape index (κ2) is 6.62. The quantitative estimate of drug-likeness (QED) is 0.860. The summed E-state index contributed by atoms with van der Waals surface area (Å²) in [5.74, 6) is -0.564. The zero-order chi connectivity index (χ0) is 16.2. The monoisotopic (exact) mass is 319 g/mol. The maximum absolute atomic E-state index is 12.5. The predicted molar refractivity (Wildman–Crippen MR) is 84.4 cm³/mol. The average Bonchev–Trinajstić information content (AvgIpc) is 2.48. The summed E-state index contributed by atoms with van der Waals surface area (Å²) in [6, 6.07) is 13.0. The molecular weight excluding hydrogens is 302 g/mol. The van der Waals surface area contributed by atoms with Crippen LogP contribution in [-0.4, -0.2) is 21.0 Å². The molecular formula is C16H17NO4S. The lowest BCUT2D eigenvalue weighted by atomic mass is 10.2. The molecule has 5 nitrogen and oxygen atoms in total. The highest BCUT2D eigenvalue weighted by molar-refractivity contribution is 7.92. The van der Waals surface area contributed by atoms with Gasteiger partial charge in [-0.1, -0.05) is 30.3 Å². The molecule has 0 radical (unpaired) electrons. The lowest BCUT2D eigenvalue weighted by Gasteiger charge is -2.13. The highest BCUT2D eigenvalue weighted by Crippen LogP contribution is 2.22. The fraction of sp³-hybridized carbons (Fsp3) is 0.188. The maximum Gasteiger partial charge on any atom is 0.340 e. The van der Waals surface area contributed by atoms with Crippen molar-refractivity contribution < 1.29 is 17.9 Å². The standard InChI is InChI=1S/C16H17NO4S/c1-3-21-16(18)13-9-5-6-10-14(13)17-22(19,20)15-11-7-4-8-12(15)2/h4-11,17H,3H2,1-2H3. The third kappa shape index (κ3) is 3.46. The van der Waals surface area contributed by atoms with E-state index in [-0.39, 0.29) is 22.8 Å². The normalized spacial score (nSPS) is 11.0. The molecule has 1 N–H and O–H groups in total. The highest BCUT2D eigenvalue weighted by atomic mass is 32.2. The number of esters is 1. The number of anilines is 1. The summed E-state index contributed by atoms with van der Waals surface area (Å²) in [4.78, 5) is 12.1. The van der Waals surface area contributed by atoms with Gasteiger partial charge in [0.05, 0.1) is 22.8 Å². The van der Waals surface area contributed by atoms with Gasteiger partial charge in [0.15, 0.2) is 0 Å². The smallest absolute Gasteiger partial charge is 0.340 e. The number of aryl methyl sites for hydroxylation is 1. The van der Waals surface area contributed by atoms with Crippen LogP contribution in [0.1, 0.15) is 22.8 Å². The molecule has 0 aliphatic rings. The van der Waals surface area contributed by atoms with E-state index in [0.717, 1.165) is 0 Å². The second-order valence-corrected chi connectivity index (χ2v) is 6.29. The first kappa shape index (κ1) is 16.0. The number of carbonyl (C=O) groups excluding carboxylic acids is 1. The topological polar surface area (TPSA) is 72.5 Å². The molecule has 6 heteroatoms. The van der Waals surface area contributed by atoms with Crippen LogP contribution in [0.5, 0.6) is 0 Å². The molecule has 2 rings (SSSR count). The van der Waals surface area contributed by atoms with Crippen LogP contribution in [0.3, 0.4) is 0 Å². The van der Waals surface area contributed by atoms with E-state index in [4.69, 9.17) is 4.74 Å². The van der Waals surface area contributed by atoms with Crippen LogP contribution in [-0.2, 0) is 14.8 Å². The summed E-state index contributed by atoms with van der Waals surface area (Å²) < 4.78 is 32.4. The SMILES string of the molecule is CCOC(=O)c1ccccc1NS(=O)(=O)c1ccccc1C. The van der Waals surface area contributed by atoms with Crippen molar-refractivity contribution in [2.45, 2.75) is 18.7 Å². The zero-order valence-electron chi connectivity index (χ0n) is 12.4. The van der Waals surface area contributed by atoms with Crippen LogP contribution >= 0.6 is 0 Å². The van der Waals surface area contributed by atoms with Crippen molar-refractivity contribution in [3.05, 3.63) is 59.7 Å². The summed E-state index contributed by atoms with van der Waals surface area (Å²) >= 11 is 0. The van der Waals surface area contributed by atoms with E-state index >= 15 is 0 Å². The van der Waals surface area contributed by atoms with E-state index in [9.17, 15) is 13.2 Å². The number of carbonyl (C=O) groups is 1. The van der Waals surface area contributed by atoms with E-state index < -0.39 is 16.0 Å². The zero-order valence-corrected chi connectivity index (χ0v) is 13.2. The van der Waals surface area contributed by atoms with Gasteiger partial charge in [-0.15, -0.1) is 0 Å². The first-order valence-electron chi connectivity index (χ1n) is 6.80. The van der Waals surface area contributed by atoms with Gasteiger partial charge in [0.2, 0.25) is 0 Å². The molecule has 2 aromatic carbocycles. The summed E-state index contributed by atoms with van der Waals surface area (Å²) in [5, 5.41) is 0. The Kier molecular flexibility index (Phi) is 4.82. The van der Waals surface area contributed by atoms with Crippen LogP contribution in [0, 0.1) is 6.92 Å². The molecule has 0 amide bonds. The lowest BCUT2D eigenvalue weighted by molar-refractivity contribution is 0.0527. The molecule has 0 aliphatic heterocycles. The Morgan fingerprint density at radius 2 is 1.73 bits per heavy atom. The molecule has 0 aromatic heterocycles. The average molecular weight is 319 g/mol. The minimum atomic E-state index is -3.77. The van der Waals surface area contributed by atoms with Crippen molar-refractivity contribution in [1.82, 2.24) is 0 Å². The van der Waals surface area contributed by atoms with Crippen molar-refractivity contribution >= 4 is 21.7 Å². The largest absolute Gasteiger partial charge is 0.462 e. The fourth-order valence-electron chi connectivity index (χ4n) is 2.02. The summed E-state index contributed by atoms with van der Waals surface area (Å²) in [6.45, 7) is 3.63. The number of benzene rings is 2. The van der Waals surface area contributed by atoms with Crippen LogP contribution in [0.25, 0.3) is 0 Å². The molecule has 0 saturated carbocycles. The van der Waals surface area contributed by atoms with Gasteiger partial charge in [0.1, 0.15) is 0 Å². The van der Waals surface area contributed by atoms with E-state index in [1.807, 2.05) is 0 Å². The third-order valence-electron chi connectivity index (χ3n) is 3.05. The van der Waals surface area contributed by atoms with E-state index in [1.54, 1.807) is 44.2 Å². The van der Waals surface area contributed by atoms with Crippen LogP contribution in [0.4, 0.5) is 5.69 Å². The number of rotatable bonds is 5. The third-order valence-corrected chi connectivity index (χ3v) is 4.58. The van der Waals surface area contributed by atoms with Gasteiger partial charge >= 0.3 is 5.97 Å². The van der Waals surface area contributed by atoms with Crippen molar-refractivity contribution in [3.63, 3.8) is 0 Å². The summed E-state index contributed by atoms with van der Waals surface area (Å²) in [6.07, 6.45) is 0. The van der Waals surface area contributed by atoms with Crippen LogP contribution in [0.2, 0.25) is 0 Å². The molecule has 22 heavy (non-hydrogen) atoms. The minimum Gasteiger partial charge on any atom is -0.462 e. The van der Waals surface area contributed by atoms with Gasteiger partial charge < -0.3 is 4.74 Å². The van der Waals surface area contributed by atoms with Crippen molar-refractivity contribution in [1.29, 1.82) is 0 Å². The molecule has 2 aromatic rings. The molecule has 0 unspecified atom stereocenters. The molecule has 0 fully saturated rings. The molecule has 0 bridgehead atoms. The van der Waals surface area contributed by atoms with Crippen molar-refractivity contribution in [2.24, 2.45) is 0 Å². The Morgan fingerprint density at radius 1 is 1.09 bits per heavy atom. The summed E-state index contributed by atoms with van der Waals surface area (Å²) in [5.41, 5.74) is 1.01. The summed E-state index contributed by atoms with van der Waals surface area (Å²) in [7, 11) is -3.77. The van der Waals surface area contributed by atoms with E-state index in [2.05, 4.69) is 4.72 Å². The number of para-hydroxylation sites is 1. The predicted octanol–water partition coefficient (Wildman–Crippen LogP) is 2.97. The number of hydrogen-bond acceptors (Lipinski definition) is 4. The molecule has 0 atom stereocenters. The Labute approximate surface area is 130 Å². The number of ether oxygens (including phenoxy) is 1. The molecule has 116 valence electrons. The van der Waals surface area contributed by atoms with Gasteiger partial charge in [-0.25, -0.2) is 13.2 Å². The first-order valence-corrected chi connectivity index (χ1v) is 8.28. The maximum atomic E-state index is 12.5. The Morgan fingerprint density at radius 3 is 2.41 bits per heavy atom. The van der Waals surface area contributed by atoms with Gasteiger partial charge in [0.25, 0.3) is 10.0 Å². The number of nitrogens with one attached hydrogen (secondary N) is 1. The van der Waals surface area contributed by atoms with Gasteiger partial charge in [-0.3, -0.25) is 4.72 Å². The highest BCUT2D eigenvalue weighted by Gasteiger charge is 2.20. The van der Waals surface area contributed by atoms with Crippen LogP contribution in [0.15, 0.2) is 53.4 Å². The molecule has 0 heterocycles. The minimum absolute atomic E-state index is 0.175. The molecule has 0 aliphatic carbocycles. The Hall–Kier alpha value is -2.34.